The van der Waals surface area contributed by atoms with Gasteiger partial charge in [0, 0.05) is 41.8 Å². The van der Waals surface area contributed by atoms with E-state index in [1.165, 1.54) is 0 Å². The third-order valence-corrected chi connectivity index (χ3v) is 4.47. The number of rotatable bonds is 4. The molecule has 0 aromatic heterocycles. The SMILES string of the molecule is CC(O)C1CCN(c2ccc(CNC(C)(C)C)c(Cl)c2)C1. The average molecular weight is 311 g/mol. The Hall–Kier alpha value is -0.770. The van der Waals surface area contributed by atoms with Crippen molar-refractivity contribution >= 4 is 17.3 Å². The number of aliphatic hydroxyl groups is 1. The number of aliphatic hydroxyl groups excluding tert-OH is 1. The van der Waals surface area contributed by atoms with Crippen LogP contribution >= 0.6 is 11.6 Å². The maximum Gasteiger partial charge on any atom is 0.0557 e. The van der Waals surface area contributed by atoms with Crippen LogP contribution in [0.25, 0.3) is 0 Å². The quantitative estimate of drug-likeness (QED) is 0.894. The van der Waals surface area contributed by atoms with Gasteiger partial charge in [0.15, 0.2) is 0 Å². The highest BCUT2D eigenvalue weighted by molar-refractivity contribution is 6.31. The van der Waals surface area contributed by atoms with Crippen molar-refractivity contribution < 1.29 is 5.11 Å². The molecule has 2 N–H and O–H groups in total. The number of hydrogen-bond donors (Lipinski definition) is 2. The molecule has 21 heavy (non-hydrogen) atoms. The summed E-state index contributed by atoms with van der Waals surface area (Å²) < 4.78 is 0. The number of nitrogens with one attached hydrogen (secondary N) is 1. The molecule has 1 aromatic carbocycles. The second-order valence-electron chi connectivity index (χ2n) is 7.11. The molecule has 0 spiro atoms. The average Bonchev–Trinajstić information content (AvgIpc) is 2.85. The molecule has 0 amide bonds. The number of benzene rings is 1. The summed E-state index contributed by atoms with van der Waals surface area (Å²) in [7, 11) is 0. The van der Waals surface area contributed by atoms with E-state index >= 15 is 0 Å². The summed E-state index contributed by atoms with van der Waals surface area (Å²) >= 11 is 6.42. The van der Waals surface area contributed by atoms with Crippen molar-refractivity contribution in [3.05, 3.63) is 28.8 Å². The minimum atomic E-state index is -0.235. The maximum absolute atomic E-state index is 9.70. The lowest BCUT2D eigenvalue weighted by molar-refractivity contribution is 0.136. The molecule has 1 aromatic rings. The van der Waals surface area contributed by atoms with Crippen molar-refractivity contribution in [2.75, 3.05) is 18.0 Å². The van der Waals surface area contributed by atoms with Crippen LogP contribution in [0.15, 0.2) is 18.2 Å². The molecule has 0 saturated carbocycles. The molecule has 0 radical (unpaired) electrons. The topological polar surface area (TPSA) is 35.5 Å². The first-order chi connectivity index (χ1) is 9.76. The zero-order valence-electron chi connectivity index (χ0n) is 13.5. The molecule has 0 bridgehead atoms. The van der Waals surface area contributed by atoms with Crippen LogP contribution in [0.5, 0.6) is 0 Å². The molecule has 1 fully saturated rings. The number of nitrogens with zero attached hydrogens (tertiary/aromatic N) is 1. The van der Waals surface area contributed by atoms with Crippen molar-refractivity contribution in [2.24, 2.45) is 5.92 Å². The van der Waals surface area contributed by atoms with Crippen molar-refractivity contribution in [2.45, 2.75) is 52.3 Å². The Kier molecular flexibility index (Phi) is 5.18. The van der Waals surface area contributed by atoms with Crippen LogP contribution < -0.4 is 10.2 Å². The molecule has 118 valence electrons. The smallest absolute Gasteiger partial charge is 0.0557 e. The zero-order valence-corrected chi connectivity index (χ0v) is 14.2. The van der Waals surface area contributed by atoms with E-state index in [0.29, 0.717) is 5.92 Å². The minimum Gasteiger partial charge on any atom is -0.393 e. The number of anilines is 1. The lowest BCUT2D eigenvalue weighted by Crippen LogP contribution is -2.35. The Balaban J connectivity index is 2.02. The van der Waals surface area contributed by atoms with Gasteiger partial charge in [-0.25, -0.2) is 0 Å². The van der Waals surface area contributed by atoms with E-state index in [1.807, 2.05) is 13.0 Å². The lowest BCUT2D eigenvalue weighted by atomic mass is 10.0. The van der Waals surface area contributed by atoms with Crippen LogP contribution in [-0.4, -0.2) is 29.8 Å². The first kappa shape index (κ1) is 16.6. The summed E-state index contributed by atoms with van der Waals surface area (Å²) in [6.07, 6.45) is 0.809. The van der Waals surface area contributed by atoms with Crippen LogP contribution in [0.4, 0.5) is 5.69 Å². The Morgan fingerprint density at radius 2 is 2.14 bits per heavy atom. The van der Waals surface area contributed by atoms with E-state index in [0.717, 1.165) is 42.3 Å². The maximum atomic E-state index is 9.70. The lowest BCUT2D eigenvalue weighted by Gasteiger charge is -2.23. The van der Waals surface area contributed by atoms with Crippen LogP contribution in [0.1, 0.15) is 39.7 Å². The Bertz CT molecular complexity index is 482. The standard InChI is InChI=1S/C17H27ClN2O/c1-12(21)14-7-8-20(11-14)15-6-5-13(16(18)9-15)10-19-17(2,3)4/h5-6,9,12,14,19,21H,7-8,10-11H2,1-4H3. The number of hydrogen-bond acceptors (Lipinski definition) is 3. The summed E-state index contributed by atoms with van der Waals surface area (Å²) in [5.41, 5.74) is 2.37. The van der Waals surface area contributed by atoms with Crippen molar-refractivity contribution in [1.82, 2.24) is 5.32 Å². The van der Waals surface area contributed by atoms with Gasteiger partial charge >= 0.3 is 0 Å². The monoisotopic (exact) mass is 310 g/mol. The summed E-state index contributed by atoms with van der Waals surface area (Å²) in [6.45, 7) is 11.0. The van der Waals surface area contributed by atoms with E-state index in [9.17, 15) is 5.11 Å². The third kappa shape index (κ3) is 4.60. The molecule has 1 saturated heterocycles. The molecule has 1 aliphatic heterocycles. The largest absolute Gasteiger partial charge is 0.393 e. The molecule has 2 atom stereocenters. The fourth-order valence-electron chi connectivity index (χ4n) is 2.65. The first-order valence-electron chi connectivity index (χ1n) is 7.73. The molecule has 2 rings (SSSR count). The zero-order chi connectivity index (χ0) is 15.6. The van der Waals surface area contributed by atoms with Gasteiger partial charge in [0.05, 0.1) is 6.10 Å². The summed E-state index contributed by atoms with van der Waals surface area (Å²) in [4.78, 5) is 2.31. The van der Waals surface area contributed by atoms with Crippen molar-refractivity contribution in [3.8, 4) is 0 Å². The van der Waals surface area contributed by atoms with Gasteiger partial charge in [-0.05, 0) is 51.8 Å². The van der Waals surface area contributed by atoms with Crippen LogP contribution in [0.3, 0.4) is 0 Å². The van der Waals surface area contributed by atoms with E-state index in [1.54, 1.807) is 0 Å². The van der Waals surface area contributed by atoms with E-state index < -0.39 is 0 Å². The predicted octanol–water partition coefficient (Wildman–Crippen LogP) is 3.44. The van der Waals surface area contributed by atoms with Gasteiger partial charge in [0.1, 0.15) is 0 Å². The van der Waals surface area contributed by atoms with Gasteiger partial charge in [-0.3, -0.25) is 0 Å². The van der Waals surface area contributed by atoms with Gasteiger partial charge in [-0.2, -0.15) is 0 Å². The minimum absolute atomic E-state index is 0.0848. The van der Waals surface area contributed by atoms with Crippen LogP contribution in [0.2, 0.25) is 5.02 Å². The highest BCUT2D eigenvalue weighted by Gasteiger charge is 2.26. The molecular weight excluding hydrogens is 284 g/mol. The van der Waals surface area contributed by atoms with Crippen LogP contribution in [0, 0.1) is 5.92 Å². The molecule has 4 heteroatoms. The van der Waals surface area contributed by atoms with E-state index in [4.69, 9.17) is 11.6 Å². The van der Waals surface area contributed by atoms with E-state index in [-0.39, 0.29) is 11.6 Å². The van der Waals surface area contributed by atoms with Gasteiger partial charge in [0.25, 0.3) is 0 Å². The second kappa shape index (κ2) is 6.55. The van der Waals surface area contributed by atoms with Gasteiger partial charge in [-0.15, -0.1) is 0 Å². The Morgan fingerprint density at radius 1 is 1.43 bits per heavy atom. The summed E-state index contributed by atoms with van der Waals surface area (Å²) in [5, 5.41) is 14.0. The summed E-state index contributed by atoms with van der Waals surface area (Å²) in [6, 6.07) is 6.29. The highest BCUT2D eigenvalue weighted by atomic mass is 35.5. The van der Waals surface area contributed by atoms with Crippen molar-refractivity contribution in [1.29, 1.82) is 0 Å². The molecule has 1 heterocycles. The number of halogens is 1. The molecular formula is C17H27ClN2O. The Labute approximate surface area is 133 Å². The normalized spacial score (nSPS) is 20.9. The second-order valence-corrected chi connectivity index (χ2v) is 7.52. The molecule has 2 unspecified atom stereocenters. The Morgan fingerprint density at radius 3 is 2.67 bits per heavy atom. The molecule has 0 aliphatic carbocycles. The third-order valence-electron chi connectivity index (χ3n) is 4.12. The van der Waals surface area contributed by atoms with E-state index in [2.05, 4.69) is 43.1 Å². The van der Waals surface area contributed by atoms with Gasteiger partial charge < -0.3 is 15.3 Å². The highest BCUT2D eigenvalue weighted by Crippen LogP contribution is 2.29. The fourth-order valence-corrected chi connectivity index (χ4v) is 2.89. The van der Waals surface area contributed by atoms with Gasteiger partial charge in [-0.1, -0.05) is 17.7 Å². The predicted molar refractivity (Wildman–Crippen MR) is 90.0 cm³/mol. The van der Waals surface area contributed by atoms with Crippen molar-refractivity contribution in [3.63, 3.8) is 0 Å². The first-order valence-corrected chi connectivity index (χ1v) is 8.10. The summed E-state index contributed by atoms with van der Waals surface area (Å²) in [5.74, 6) is 0.367. The van der Waals surface area contributed by atoms with Gasteiger partial charge in [0.2, 0.25) is 0 Å². The molecule has 3 nitrogen and oxygen atoms in total. The fraction of sp³-hybridized carbons (Fsp3) is 0.647. The van der Waals surface area contributed by atoms with Crippen LogP contribution in [-0.2, 0) is 6.54 Å². The molecule has 1 aliphatic rings.